The number of para-hydroxylation sites is 1. The molecule has 0 heterocycles. The molecule has 2 amide bonds. The molecule has 0 saturated carbocycles. The van der Waals surface area contributed by atoms with E-state index in [1.807, 2.05) is 19.9 Å². The molecule has 0 aromatic heterocycles. The highest BCUT2D eigenvalue weighted by Gasteiger charge is 2.21. The highest BCUT2D eigenvalue weighted by Crippen LogP contribution is 2.18. The van der Waals surface area contributed by atoms with Gasteiger partial charge in [0.15, 0.2) is 0 Å². The summed E-state index contributed by atoms with van der Waals surface area (Å²) in [5.74, 6) is -2.29. The van der Waals surface area contributed by atoms with Gasteiger partial charge in [-0.05, 0) is 36.1 Å². The molecule has 7 nitrogen and oxygen atoms in total. The van der Waals surface area contributed by atoms with Crippen molar-refractivity contribution in [2.45, 2.75) is 26.3 Å². The van der Waals surface area contributed by atoms with Crippen LogP contribution in [0.4, 0.5) is 0 Å². The number of hydrogen-bond donors (Lipinski definition) is 2. The zero-order chi connectivity index (χ0) is 22.1. The number of carbonyl (C=O) groups is 3. The molecular weight excluding hydrogens is 384 g/mol. The molecule has 2 aromatic carbocycles. The quantitative estimate of drug-likeness (QED) is 0.614. The van der Waals surface area contributed by atoms with Gasteiger partial charge in [0.1, 0.15) is 11.4 Å². The lowest BCUT2D eigenvalue weighted by molar-refractivity contribution is -0.308. The van der Waals surface area contributed by atoms with Crippen molar-refractivity contribution < 1.29 is 24.2 Å². The minimum absolute atomic E-state index is 0.0259. The van der Waals surface area contributed by atoms with E-state index in [2.05, 4.69) is 10.6 Å². The van der Waals surface area contributed by atoms with Crippen LogP contribution in [0, 0.1) is 5.92 Å². The number of rotatable bonds is 9. The zero-order valence-electron chi connectivity index (χ0n) is 17.2. The van der Waals surface area contributed by atoms with Crippen molar-refractivity contribution >= 4 is 23.9 Å². The summed E-state index contributed by atoms with van der Waals surface area (Å²) >= 11 is 0. The molecule has 1 atom stereocenters. The van der Waals surface area contributed by atoms with Gasteiger partial charge in [-0.1, -0.05) is 56.3 Å². The van der Waals surface area contributed by atoms with Crippen molar-refractivity contribution in [2.24, 2.45) is 5.92 Å². The number of carboxylic acids is 1. The maximum atomic E-state index is 12.8. The maximum Gasteiger partial charge on any atom is 0.268 e. The fourth-order valence-corrected chi connectivity index (χ4v) is 2.82. The lowest BCUT2D eigenvalue weighted by atomic mass is 10.0. The number of aliphatic carboxylic acids is 1. The molecule has 0 aliphatic heterocycles. The SMILES string of the molecule is COc1ccccc1C(=O)N/C(=C\c1ccccc1)C(=O)N[C@@H](CC(C)C)C(=O)[O-]. The van der Waals surface area contributed by atoms with Crippen LogP contribution in [0.2, 0.25) is 0 Å². The third-order valence-corrected chi connectivity index (χ3v) is 4.25. The van der Waals surface area contributed by atoms with Gasteiger partial charge in [0, 0.05) is 0 Å². The molecule has 0 spiro atoms. The first-order valence-electron chi connectivity index (χ1n) is 9.54. The zero-order valence-corrected chi connectivity index (χ0v) is 17.2. The Morgan fingerprint density at radius 1 is 1.03 bits per heavy atom. The summed E-state index contributed by atoms with van der Waals surface area (Å²) in [6, 6.07) is 14.3. The van der Waals surface area contributed by atoms with Gasteiger partial charge >= 0.3 is 0 Å². The number of carboxylic acid groups (broad SMARTS) is 1. The van der Waals surface area contributed by atoms with Crippen molar-refractivity contribution in [1.82, 2.24) is 10.6 Å². The Bertz CT molecular complexity index is 922. The van der Waals surface area contributed by atoms with E-state index in [1.165, 1.54) is 13.2 Å². The van der Waals surface area contributed by atoms with Crippen LogP contribution in [-0.2, 0) is 9.59 Å². The van der Waals surface area contributed by atoms with Crippen molar-refractivity contribution in [3.8, 4) is 5.75 Å². The van der Waals surface area contributed by atoms with Crippen molar-refractivity contribution in [2.75, 3.05) is 7.11 Å². The number of amides is 2. The second-order valence-corrected chi connectivity index (χ2v) is 7.10. The Balaban J connectivity index is 2.33. The number of hydrogen-bond acceptors (Lipinski definition) is 5. The van der Waals surface area contributed by atoms with Gasteiger partial charge in [0.2, 0.25) is 0 Å². The first kappa shape index (κ1) is 22.7. The predicted octanol–water partition coefficient (Wildman–Crippen LogP) is 1.75. The van der Waals surface area contributed by atoms with Gasteiger partial charge in [0.25, 0.3) is 11.8 Å². The Hall–Kier alpha value is -3.61. The number of methoxy groups -OCH3 is 1. The van der Waals surface area contributed by atoms with Gasteiger partial charge in [-0.2, -0.15) is 0 Å². The Morgan fingerprint density at radius 3 is 2.27 bits per heavy atom. The lowest BCUT2D eigenvalue weighted by Crippen LogP contribution is -2.50. The summed E-state index contributed by atoms with van der Waals surface area (Å²) < 4.78 is 5.20. The molecule has 2 aromatic rings. The van der Waals surface area contributed by atoms with Crippen LogP contribution in [0.15, 0.2) is 60.3 Å². The normalized spacial score (nSPS) is 12.2. The summed E-state index contributed by atoms with van der Waals surface area (Å²) in [6.45, 7) is 3.68. The summed E-state index contributed by atoms with van der Waals surface area (Å²) in [5, 5.41) is 16.4. The van der Waals surface area contributed by atoms with Gasteiger partial charge in [-0.15, -0.1) is 0 Å². The molecule has 2 N–H and O–H groups in total. The van der Waals surface area contributed by atoms with Crippen LogP contribution in [0.25, 0.3) is 6.08 Å². The molecule has 0 unspecified atom stereocenters. The van der Waals surface area contributed by atoms with E-state index in [9.17, 15) is 19.5 Å². The molecule has 0 radical (unpaired) electrons. The molecule has 0 fully saturated rings. The highest BCUT2D eigenvalue weighted by atomic mass is 16.5. The second kappa shape index (κ2) is 10.8. The van der Waals surface area contributed by atoms with Crippen LogP contribution in [0.5, 0.6) is 5.75 Å². The molecule has 0 bridgehead atoms. The molecule has 158 valence electrons. The standard InChI is InChI=1S/C23H26N2O5/c1-15(2)13-19(23(28)29)25-22(27)18(14-16-9-5-4-6-10-16)24-21(26)17-11-7-8-12-20(17)30-3/h4-12,14-15,19H,13H2,1-3H3,(H,24,26)(H,25,27)(H,28,29)/p-1/b18-14-/t19-/m0/s1. The Morgan fingerprint density at radius 2 is 1.67 bits per heavy atom. The Kier molecular flexibility index (Phi) is 8.17. The molecule has 0 aliphatic rings. The third-order valence-electron chi connectivity index (χ3n) is 4.25. The third kappa shape index (κ3) is 6.48. The number of ether oxygens (including phenoxy) is 1. The minimum Gasteiger partial charge on any atom is -0.548 e. The second-order valence-electron chi connectivity index (χ2n) is 7.10. The average molecular weight is 409 g/mol. The Labute approximate surface area is 175 Å². The number of nitrogens with one attached hydrogen (secondary N) is 2. The number of carbonyl (C=O) groups excluding carboxylic acids is 3. The van der Waals surface area contributed by atoms with Crippen molar-refractivity contribution in [3.63, 3.8) is 0 Å². The smallest absolute Gasteiger partial charge is 0.268 e. The van der Waals surface area contributed by atoms with E-state index in [4.69, 9.17) is 4.74 Å². The van der Waals surface area contributed by atoms with Crippen LogP contribution in [0.1, 0.15) is 36.2 Å². The maximum absolute atomic E-state index is 12.8. The first-order valence-corrected chi connectivity index (χ1v) is 9.54. The lowest BCUT2D eigenvalue weighted by Gasteiger charge is -2.22. The fraction of sp³-hybridized carbons (Fsp3) is 0.261. The van der Waals surface area contributed by atoms with E-state index < -0.39 is 23.8 Å². The average Bonchev–Trinajstić information content (AvgIpc) is 2.72. The van der Waals surface area contributed by atoms with Crippen LogP contribution < -0.4 is 20.5 Å². The van der Waals surface area contributed by atoms with Crippen molar-refractivity contribution in [1.29, 1.82) is 0 Å². The molecule has 30 heavy (non-hydrogen) atoms. The van der Waals surface area contributed by atoms with Crippen LogP contribution >= 0.6 is 0 Å². The topological polar surface area (TPSA) is 108 Å². The van der Waals surface area contributed by atoms with Crippen LogP contribution in [-0.4, -0.2) is 30.9 Å². The molecule has 7 heteroatoms. The molecule has 2 rings (SSSR count). The molecular formula is C23H25N2O5-. The first-order chi connectivity index (χ1) is 14.3. The summed E-state index contributed by atoms with van der Waals surface area (Å²) in [6.07, 6.45) is 1.68. The van der Waals surface area contributed by atoms with E-state index in [1.54, 1.807) is 48.5 Å². The number of benzene rings is 2. The van der Waals surface area contributed by atoms with E-state index >= 15 is 0 Å². The largest absolute Gasteiger partial charge is 0.548 e. The molecule has 0 saturated heterocycles. The molecule has 0 aliphatic carbocycles. The predicted molar refractivity (Wildman–Crippen MR) is 111 cm³/mol. The summed E-state index contributed by atoms with van der Waals surface area (Å²) in [5.41, 5.74) is 0.814. The summed E-state index contributed by atoms with van der Waals surface area (Å²) in [4.78, 5) is 37.1. The highest BCUT2D eigenvalue weighted by molar-refractivity contribution is 6.06. The monoisotopic (exact) mass is 409 g/mol. The van der Waals surface area contributed by atoms with Gasteiger partial charge in [0.05, 0.1) is 24.7 Å². The van der Waals surface area contributed by atoms with Crippen molar-refractivity contribution in [3.05, 3.63) is 71.4 Å². The van der Waals surface area contributed by atoms with Gasteiger partial charge in [-0.25, -0.2) is 0 Å². The van der Waals surface area contributed by atoms with Crippen LogP contribution in [0.3, 0.4) is 0 Å². The fourth-order valence-electron chi connectivity index (χ4n) is 2.82. The van der Waals surface area contributed by atoms with Gasteiger partial charge < -0.3 is 25.3 Å². The van der Waals surface area contributed by atoms with E-state index in [0.717, 1.165) is 0 Å². The minimum atomic E-state index is -1.38. The van der Waals surface area contributed by atoms with E-state index in [0.29, 0.717) is 11.3 Å². The van der Waals surface area contributed by atoms with E-state index in [-0.39, 0.29) is 23.6 Å². The summed E-state index contributed by atoms with van der Waals surface area (Å²) in [7, 11) is 1.44. The van der Waals surface area contributed by atoms with Gasteiger partial charge in [-0.3, -0.25) is 9.59 Å².